The number of nitrogens with one attached hydrogen (secondary N) is 1. The fraction of sp³-hybridized carbons (Fsp3) is 0.615. The number of anilines is 2. The first kappa shape index (κ1) is 13.6. The lowest BCUT2D eigenvalue weighted by Gasteiger charge is -2.33. The van der Waals surface area contributed by atoms with Crippen molar-refractivity contribution in [1.29, 1.82) is 0 Å². The predicted molar refractivity (Wildman–Crippen MR) is 75.3 cm³/mol. The molecule has 0 bridgehead atoms. The Bertz CT molecular complexity index is 417. The largest absolute Gasteiger partial charge is 0.353 e. The minimum absolute atomic E-state index is 0.363. The summed E-state index contributed by atoms with van der Waals surface area (Å²) in [5.41, 5.74) is 0. The molecule has 0 radical (unpaired) electrons. The van der Waals surface area contributed by atoms with Crippen molar-refractivity contribution in [2.45, 2.75) is 26.3 Å². The number of hydrogen-bond acceptors (Lipinski definition) is 5. The first-order valence-corrected chi connectivity index (χ1v) is 6.76. The van der Waals surface area contributed by atoms with Gasteiger partial charge in [-0.3, -0.25) is 4.79 Å². The van der Waals surface area contributed by atoms with Crippen LogP contribution in [0.5, 0.6) is 0 Å². The van der Waals surface area contributed by atoms with E-state index in [2.05, 4.69) is 34.0 Å². The lowest BCUT2D eigenvalue weighted by Crippen LogP contribution is -2.46. The average molecular weight is 263 g/mol. The third-order valence-corrected chi connectivity index (χ3v) is 3.42. The van der Waals surface area contributed by atoms with Gasteiger partial charge in [-0.2, -0.15) is 4.98 Å². The van der Waals surface area contributed by atoms with Gasteiger partial charge in [-0.25, -0.2) is 4.98 Å². The molecule has 6 heteroatoms. The molecule has 1 aromatic heterocycles. The second-order valence-electron chi connectivity index (χ2n) is 4.82. The van der Waals surface area contributed by atoms with E-state index in [1.54, 1.807) is 11.1 Å². The zero-order chi connectivity index (χ0) is 13.7. The highest BCUT2D eigenvalue weighted by Crippen LogP contribution is 2.14. The Hall–Kier alpha value is -1.85. The molecule has 1 atom stereocenters. The van der Waals surface area contributed by atoms with E-state index in [9.17, 15) is 4.79 Å². The van der Waals surface area contributed by atoms with Gasteiger partial charge in [0.15, 0.2) is 0 Å². The average Bonchev–Trinajstić information content (AvgIpc) is 2.47. The molecule has 1 fully saturated rings. The first-order valence-electron chi connectivity index (χ1n) is 6.76. The van der Waals surface area contributed by atoms with Gasteiger partial charge in [0.2, 0.25) is 12.4 Å². The summed E-state index contributed by atoms with van der Waals surface area (Å²) >= 11 is 0. The quantitative estimate of drug-likeness (QED) is 0.802. The molecule has 1 aromatic rings. The van der Waals surface area contributed by atoms with E-state index >= 15 is 0 Å². The standard InChI is InChI=1S/C13H21N5O/c1-3-11(2)15-13-14-5-4-12(16-13)18-8-6-17(10-19)7-9-18/h4-5,10-11H,3,6-9H2,1-2H3,(H,14,15,16). The number of amides is 1. The van der Waals surface area contributed by atoms with Crippen molar-refractivity contribution in [3.63, 3.8) is 0 Å². The number of piperazine rings is 1. The van der Waals surface area contributed by atoms with Gasteiger partial charge in [0.05, 0.1) is 0 Å². The van der Waals surface area contributed by atoms with E-state index in [-0.39, 0.29) is 0 Å². The number of nitrogens with zero attached hydrogens (tertiary/aromatic N) is 4. The van der Waals surface area contributed by atoms with Crippen molar-refractivity contribution in [3.05, 3.63) is 12.3 Å². The number of hydrogen-bond donors (Lipinski definition) is 1. The molecule has 1 amide bonds. The maximum absolute atomic E-state index is 10.7. The number of carbonyl (C=O) groups is 1. The molecule has 1 aliphatic heterocycles. The Morgan fingerprint density at radius 2 is 2.16 bits per heavy atom. The van der Waals surface area contributed by atoms with Crippen LogP contribution < -0.4 is 10.2 Å². The molecule has 1 unspecified atom stereocenters. The summed E-state index contributed by atoms with van der Waals surface area (Å²) in [6.07, 6.45) is 3.72. The lowest BCUT2D eigenvalue weighted by molar-refractivity contribution is -0.118. The van der Waals surface area contributed by atoms with Crippen LogP contribution in [-0.4, -0.2) is 53.5 Å². The highest BCUT2D eigenvalue weighted by atomic mass is 16.1. The molecule has 1 aliphatic rings. The SMILES string of the molecule is CCC(C)Nc1nccc(N2CCN(C=O)CC2)n1. The smallest absolute Gasteiger partial charge is 0.224 e. The Kier molecular flexibility index (Phi) is 4.54. The normalized spacial score (nSPS) is 17.2. The van der Waals surface area contributed by atoms with Gasteiger partial charge >= 0.3 is 0 Å². The summed E-state index contributed by atoms with van der Waals surface area (Å²) in [5.74, 6) is 1.59. The van der Waals surface area contributed by atoms with Gasteiger partial charge in [-0.15, -0.1) is 0 Å². The lowest BCUT2D eigenvalue weighted by atomic mass is 10.3. The van der Waals surface area contributed by atoms with Crippen LogP contribution in [0.2, 0.25) is 0 Å². The molecule has 2 heterocycles. The van der Waals surface area contributed by atoms with Crippen LogP contribution in [0.25, 0.3) is 0 Å². The molecule has 104 valence electrons. The minimum Gasteiger partial charge on any atom is -0.353 e. The van der Waals surface area contributed by atoms with E-state index in [0.717, 1.165) is 44.8 Å². The van der Waals surface area contributed by atoms with Crippen LogP contribution in [0.15, 0.2) is 12.3 Å². The van der Waals surface area contributed by atoms with E-state index in [1.807, 2.05) is 6.07 Å². The van der Waals surface area contributed by atoms with Crippen LogP contribution in [0.3, 0.4) is 0 Å². The predicted octanol–water partition coefficient (Wildman–Crippen LogP) is 0.965. The van der Waals surface area contributed by atoms with Gasteiger partial charge in [0.1, 0.15) is 5.82 Å². The van der Waals surface area contributed by atoms with E-state index < -0.39 is 0 Å². The van der Waals surface area contributed by atoms with E-state index in [4.69, 9.17) is 0 Å². The molecule has 0 spiro atoms. The Morgan fingerprint density at radius 1 is 1.42 bits per heavy atom. The van der Waals surface area contributed by atoms with Crippen LogP contribution >= 0.6 is 0 Å². The highest BCUT2D eigenvalue weighted by Gasteiger charge is 2.17. The summed E-state index contributed by atoms with van der Waals surface area (Å²) in [6.45, 7) is 7.37. The summed E-state index contributed by atoms with van der Waals surface area (Å²) in [7, 11) is 0. The number of aromatic nitrogens is 2. The van der Waals surface area contributed by atoms with Crippen LogP contribution in [0.1, 0.15) is 20.3 Å². The van der Waals surface area contributed by atoms with Crippen LogP contribution in [0.4, 0.5) is 11.8 Å². The maximum atomic E-state index is 10.7. The monoisotopic (exact) mass is 263 g/mol. The highest BCUT2D eigenvalue weighted by molar-refractivity contribution is 5.49. The van der Waals surface area contributed by atoms with Gasteiger partial charge in [0.25, 0.3) is 0 Å². The third-order valence-electron chi connectivity index (χ3n) is 3.42. The van der Waals surface area contributed by atoms with E-state index in [0.29, 0.717) is 12.0 Å². The summed E-state index contributed by atoms with van der Waals surface area (Å²) < 4.78 is 0. The van der Waals surface area contributed by atoms with Crippen molar-refractivity contribution in [3.8, 4) is 0 Å². The molecule has 1 N–H and O–H groups in total. The van der Waals surface area contributed by atoms with Crippen molar-refractivity contribution < 1.29 is 4.79 Å². The summed E-state index contributed by atoms with van der Waals surface area (Å²) in [4.78, 5) is 23.4. The number of rotatable bonds is 5. The summed E-state index contributed by atoms with van der Waals surface area (Å²) in [5, 5.41) is 3.28. The van der Waals surface area contributed by atoms with Crippen molar-refractivity contribution in [2.24, 2.45) is 0 Å². The Balaban J connectivity index is 2.00. The number of carbonyl (C=O) groups excluding carboxylic acids is 1. The molecule has 19 heavy (non-hydrogen) atoms. The van der Waals surface area contributed by atoms with Gasteiger partial charge < -0.3 is 15.1 Å². The zero-order valence-corrected chi connectivity index (χ0v) is 11.5. The van der Waals surface area contributed by atoms with Crippen molar-refractivity contribution in [2.75, 3.05) is 36.4 Å². The van der Waals surface area contributed by atoms with Gasteiger partial charge in [0, 0.05) is 38.4 Å². The fourth-order valence-corrected chi connectivity index (χ4v) is 1.97. The van der Waals surface area contributed by atoms with Gasteiger partial charge in [-0.1, -0.05) is 6.92 Å². The molecule has 0 aliphatic carbocycles. The minimum atomic E-state index is 0.363. The molecule has 2 rings (SSSR count). The molecular weight excluding hydrogens is 242 g/mol. The van der Waals surface area contributed by atoms with Crippen LogP contribution in [0, 0.1) is 0 Å². The summed E-state index contributed by atoms with van der Waals surface area (Å²) in [6, 6.07) is 2.28. The topological polar surface area (TPSA) is 61.4 Å². The zero-order valence-electron chi connectivity index (χ0n) is 11.5. The molecule has 1 saturated heterocycles. The Morgan fingerprint density at radius 3 is 2.79 bits per heavy atom. The molecule has 0 aromatic carbocycles. The second kappa shape index (κ2) is 6.36. The second-order valence-corrected chi connectivity index (χ2v) is 4.82. The van der Waals surface area contributed by atoms with Crippen molar-refractivity contribution >= 4 is 18.2 Å². The third kappa shape index (κ3) is 3.56. The van der Waals surface area contributed by atoms with Crippen LogP contribution in [-0.2, 0) is 4.79 Å². The fourth-order valence-electron chi connectivity index (χ4n) is 1.97. The molecule has 6 nitrogen and oxygen atoms in total. The Labute approximate surface area is 113 Å². The maximum Gasteiger partial charge on any atom is 0.224 e. The molecule has 0 saturated carbocycles. The van der Waals surface area contributed by atoms with Gasteiger partial charge in [-0.05, 0) is 19.4 Å². The van der Waals surface area contributed by atoms with E-state index in [1.165, 1.54) is 0 Å². The first-order chi connectivity index (χ1) is 9.22. The molecular formula is C13H21N5O. The van der Waals surface area contributed by atoms with Crippen molar-refractivity contribution in [1.82, 2.24) is 14.9 Å².